The lowest BCUT2D eigenvalue weighted by Gasteiger charge is -2.11. The normalized spacial score (nSPS) is 10.5. The molecule has 0 fully saturated rings. The van der Waals surface area contributed by atoms with Gasteiger partial charge in [-0.25, -0.2) is 4.79 Å². The zero-order valence-electron chi connectivity index (χ0n) is 11.3. The number of hydrogen-bond acceptors (Lipinski definition) is 4. The molecule has 5 heteroatoms. The molecular weight excluding hydrogens is 246 g/mol. The van der Waals surface area contributed by atoms with Gasteiger partial charge in [0.15, 0.2) is 5.76 Å². The van der Waals surface area contributed by atoms with E-state index < -0.39 is 5.97 Å². The van der Waals surface area contributed by atoms with Crippen LogP contribution >= 0.6 is 0 Å². The molecule has 0 saturated heterocycles. The fourth-order valence-corrected chi connectivity index (χ4v) is 2.07. The number of aryl methyl sites for hydroxylation is 1. The minimum atomic E-state index is -1.04. The van der Waals surface area contributed by atoms with Crippen molar-refractivity contribution in [3.63, 3.8) is 0 Å². The first-order chi connectivity index (χ1) is 8.97. The van der Waals surface area contributed by atoms with Crippen LogP contribution in [0.15, 0.2) is 16.7 Å². The zero-order chi connectivity index (χ0) is 14.2. The maximum absolute atomic E-state index is 11.3. The molecule has 19 heavy (non-hydrogen) atoms. The lowest BCUT2D eigenvalue weighted by Crippen LogP contribution is -2.00. The van der Waals surface area contributed by atoms with E-state index in [0.29, 0.717) is 5.69 Å². The molecule has 0 amide bonds. The summed E-state index contributed by atoms with van der Waals surface area (Å²) in [6.45, 7) is 5.43. The predicted octanol–water partition coefficient (Wildman–Crippen LogP) is 2.97. The van der Waals surface area contributed by atoms with Crippen LogP contribution in [0.3, 0.4) is 0 Å². The van der Waals surface area contributed by atoms with E-state index in [1.165, 1.54) is 0 Å². The molecule has 5 nitrogen and oxygen atoms in total. The maximum Gasteiger partial charge on any atom is 0.341 e. The third-order valence-electron chi connectivity index (χ3n) is 3.28. The SMILES string of the molecule is COc1ccc(-c2onc(C)c2C(=O)O)c(C)c1C. The van der Waals surface area contributed by atoms with Crippen molar-refractivity contribution in [2.24, 2.45) is 0 Å². The van der Waals surface area contributed by atoms with Crippen LogP contribution < -0.4 is 4.74 Å². The lowest BCUT2D eigenvalue weighted by atomic mass is 9.98. The van der Waals surface area contributed by atoms with E-state index in [9.17, 15) is 9.90 Å². The number of methoxy groups -OCH3 is 1. The molecule has 2 rings (SSSR count). The van der Waals surface area contributed by atoms with Crippen molar-refractivity contribution < 1.29 is 19.2 Å². The molecule has 0 saturated carbocycles. The molecule has 0 radical (unpaired) electrons. The van der Waals surface area contributed by atoms with Gasteiger partial charge in [0, 0.05) is 5.56 Å². The molecule has 1 heterocycles. The highest BCUT2D eigenvalue weighted by atomic mass is 16.5. The first-order valence-electron chi connectivity index (χ1n) is 5.81. The Morgan fingerprint density at radius 1 is 1.26 bits per heavy atom. The van der Waals surface area contributed by atoms with Crippen LogP contribution in [0.5, 0.6) is 5.75 Å². The second-order valence-electron chi connectivity index (χ2n) is 4.34. The number of ether oxygens (including phenoxy) is 1. The number of carboxylic acids is 1. The molecule has 1 N–H and O–H groups in total. The van der Waals surface area contributed by atoms with E-state index in [-0.39, 0.29) is 11.3 Å². The summed E-state index contributed by atoms with van der Waals surface area (Å²) < 4.78 is 10.4. The van der Waals surface area contributed by atoms with Crippen molar-refractivity contribution in [2.45, 2.75) is 20.8 Å². The second-order valence-corrected chi connectivity index (χ2v) is 4.34. The minimum Gasteiger partial charge on any atom is -0.496 e. The Hall–Kier alpha value is -2.30. The fraction of sp³-hybridized carbons (Fsp3) is 0.286. The summed E-state index contributed by atoms with van der Waals surface area (Å²) in [5.41, 5.74) is 3.06. The Kier molecular flexibility index (Phi) is 3.29. The molecule has 0 bridgehead atoms. The topological polar surface area (TPSA) is 72.6 Å². The number of benzene rings is 1. The van der Waals surface area contributed by atoms with Gasteiger partial charge in [-0.05, 0) is 44.0 Å². The number of hydrogen-bond donors (Lipinski definition) is 1. The van der Waals surface area contributed by atoms with Crippen LogP contribution in [-0.4, -0.2) is 23.3 Å². The minimum absolute atomic E-state index is 0.104. The van der Waals surface area contributed by atoms with E-state index in [0.717, 1.165) is 22.4 Å². The molecule has 1 aromatic carbocycles. The molecule has 1 aromatic heterocycles. The number of carboxylic acid groups (broad SMARTS) is 1. The van der Waals surface area contributed by atoms with Gasteiger partial charge in [-0.2, -0.15) is 0 Å². The van der Waals surface area contributed by atoms with Gasteiger partial charge in [-0.1, -0.05) is 5.16 Å². The number of aromatic carboxylic acids is 1. The smallest absolute Gasteiger partial charge is 0.341 e. The highest BCUT2D eigenvalue weighted by molar-refractivity contribution is 5.96. The summed E-state index contributed by atoms with van der Waals surface area (Å²) in [5.74, 6) is 0.00392. The van der Waals surface area contributed by atoms with Gasteiger partial charge in [0.25, 0.3) is 0 Å². The van der Waals surface area contributed by atoms with Gasteiger partial charge >= 0.3 is 5.97 Å². The van der Waals surface area contributed by atoms with Gasteiger partial charge in [0.1, 0.15) is 11.3 Å². The van der Waals surface area contributed by atoms with Gasteiger partial charge in [0.2, 0.25) is 0 Å². The molecule has 0 aliphatic rings. The standard InChI is InChI=1S/C14H15NO4/c1-7-8(2)11(18-4)6-5-10(7)13-12(14(16)17)9(3)15-19-13/h5-6H,1-4H3,(H,16,17). The number of aromatic nitrogens is 1. The molecule has 0 spiro atoms. The van der Waals surface area contributed by atoms with Gasteiger partial charge in [0.05, 0.1) is 12.8 Å². The lowest BCUT2D eigenvalue weighted by molar-refractivity contribution is 0.0696. The fourth-order valence-electron chi connectivity index (χ4n) is 2.07. The summed E-state index contributed by atoms with van der Waals surface area (Å²) >= 11 is 0. The highest BCUT2D eigenvalue weighted by Gasteiger charge is 2.23. The Labute approximate surface area is 110 Å². The first kappa shape index (κ1) is 13.1. The average molecular weight is 261 g/mol. The van der Waals surface area contributed by atoms with Crippen molar-refractivity contribution in [3.8, 4) is 17.1 Å². The van der Waals surface area contributed by atoms with Gasteiger partial charge in [-0.15, -0.1) is 0 Å². The molecule has 100 valence electrons. The van der Waals surface area contributed by atoms with Crippen LogP contribution in [0.25, 0.3) is 11.3 Å². The first-order valence-corrected chi connectivity index (χ1v) is 5.81. The summed E-state index contributed by atoms with van der Waals surface area (Å²) in [6, 6.07) is 3.58. The Bertz CT molecular complexity index is 643. The van der Waals surface area contributed by atoms with Crippen molar-refractivity contribution >= 4 is 5.97 Å². The predicted molar refractivity (Wildman–Crippen MR) is 69.7 cm³/mol. The summed E-state index contributed by atoms with van der Waals surface area (Å²) in [4.78, 5) is 11.3. The second kappa shape index (κ2) is 4.76. The monoisotopic (exact) mass is 261 g/mol. The number of nitrogens with zero attached hydrogens (tertiary/aromatic N) is 1. The van der Waals surface area contributed by atoms with Crippen molar-refractivity contribution in [3.05, 3.63) is 34.5 Å². The molecule has 0 unspecified atom stereocenters. The van der Waals surface area contributed by atoms with Crippen LogP contribution in [-0.2, 0) is 0 Å². The highest BCUT2D eigenvalue weighted by Crippen LogP contribution is 2.33. The van der Waals surface area contributed by atoms with E-state index in [4.69, 9.17) is 9.26 Å². The Balaban J connectivity index is 2.67. The molecule has 0 atom stereocenters. The Morgan fingerprint density at radius 2 is 1.95 bits per heavy atom. The zero-order valence-corrected chi connectivity index (χ0v) is 11.3. The maximum atomic E-state index is 11.3. The number of carbonyl (C=O) groups is 1. The van der Waals surface area contributed by atoms with E-state index in [1.807, 2.05) is 13.8 Å². The quantitative estimate of drug-likeness (QED) is 0.919. The van der Waals surface area contributed by atoms with Crippen molar-refractivity contribution in [1.29, 1.82) is 0 Å². The number of rotatable bonds is 3. The Morgan fingerprint density at radius 3 is 2.53 bits per heavy atom. The van der Waals surface area contributed by atoms with Crippen LogP contribution in [0.4, 0.5) is 0 Å². The molecule has 0 aliphatic carbocycles. The van der Waals surface area contributed by atoms with Crippen LogP contribution in [0.1, 0.15) is 27.2 Å². The third-order valence-corrected chi connectivity index (χ3v) is 3.28. The largest absolute Gasteiger partial charge is 0.496 e. The average Bonchev–Trinajstić information content (AvgIpc) is 2.74. The van der Waals surface area contributed by atoms with E-state index >= 15 is 0 Å². The van der Waals surface area contributed by atoms with Crippen LogP contribution in [0, 0.1) is 20.8 Å². The van der Waals surface area contributed by atoms with Gasteiger partial charge in [-0.3, -0.25) is 0 Å². The molecule has 0 aliphatic heterocycles. The van der Waals surface area contributed by atoms with Crippen molar-refractivity contribution in [1.82, 2.24) is 5.16 Å². The van der Waals surface area contributed by atoms with Crippen LogP contribution in [0.2, 0.25) is 0 Å². The molecule has 2 aromatic rings. The summed E-state index contributed by atoms with van der Waals surface area (Å²) in [7, 11) is 1.60. The third kappa shape index (κ3) is 2.07. The summed E-state index contributed by atoms with van der Waals surface area (Å²) in [5, 5.41) is 13.0. The molecular formula is C14H15NO4. The van der Waals surface area contributed by atoms with E-state index in [1.54, 1.807) is 26.2 Å². The van der Waals surface area contributed by atoms with Crippen molar-refractivity contribution in [2.75, 3.05) is 7.11 Å². The van der Waals surface area contributed by atoms with E-state index in [2.05, 4.69) is 5.16 Å². The summed E-state index contributed by atoms with van der Waals surface area (Å²) in [6.07, 6.45) is 0. The van der Waals surface area contributed by atoms with Gasteiger partial charge < -0.3 is 14.4 Å².